The second-order valence-electron chi connectivity index (χ2n) is 4.32. The monoisotopic (exact) mass is 260 g/mol. The van der Waals surface area contributed by atoms with Crippen molar-refractivity contribution in [1.29, 1.82) is 0 Å². The van der Waals surface area contributed by atoms with E-state index in [0.29, 0.717) is 26.4 Å². The molecule has 0 spiro atoms. The van der Waals surface area contributed by atoms with Crippen molar-refractivity contribution >= 4 is 5.91 Å². The van der Waals surface area contributed by atoms with Gasteiger partial charge in [0.1, 0.15) is 0 Å². The number of piperidine rings is 1. The van der Waals surface area contributed by atoms with Crippen molar-refractivity contribution in [3.8, 4) is 0 Å². The summed E-state index contributed by atoms with van der Waals surface area (Å²) in [5, 5.41) is 15.5. The molecule has 0 aromatic carbocycles. The van der Waals surface area contributed by atoms with Crippen LogP contribution in [0.15, 0.2) is 0 Å². The van der Waals surface area contributed by atoms with Crippen LogP contribution in [-0.2, 0) is 14.3 Å². The van der Waals surface area contributed by atoms with Crippen LogP contribution in [-0.4, -0.2) is 62.7 Å². The van der Waals surface area contributed by atoms with Gasteiger partial charge in [-0.2, -0.15) is 0 Å². The fourth-order valence-corrected chi connectivity index (χ4v) is 1.79. The molecule has 6 heteroatoms. The third-order valence-electron chi connectivity index (χ3n) is 2.77. The quantitative estimate of drug-likeness (QED) is 0.476. The number of nitrogens with one attached hydrogen (secondary N) is 2. The number of aliphatic hydroxyl groups excluding tert-OH is 1. The summed E-state index contributed by atoms with van der Waals surface area (Å²) in [6.07, 6.45) is 1.20. The Morgan fingerprint density at radius 2 is 2.28 bits per heavy atom. The molecule has 0 aromatic rings. The Morgan fingerprint density at radius 3 is 3.00 bits per heavy atom. The predicted octanol–water partition coefficient (Wildman–Crippen LogP) is -0.731. The molecule has 18 heavy (non-hydrogen) atoms. The topological polar surface area (TPSA) is 79.8 Å². The Kier molecular flexibility index (Phi) is 7.91. The van der Waals surface area contributed by atoms with Gasteiger partial charge in [-0.25, -0.2) is 0 Å². The zero-order valence-corrected chi connectivity index (χ0v) is 11.0. The Hall–Kier alpha value is -0.690. The van der Waals surface area contributed by atoms with Crippen LogP contribution in [0.25, 0.3) is 0 Å². The SMILES string of the molecule is CCOCCOCC(O)CNC1CCCNC1=O. The molecular formula is C12H24N2O4. The molecule has 6 nitrogen and oxygen atoms in total. The smallest absolute Gasteiger partial charge is 0.237 e. The fourth-order valence-electron chi connectivity index (χ4n) is 1.79. The average Bonchev–Trinajstić information content (AvgIpc) is 2.37. The molecule has 1 saturated heterocycles. The van der Waals surface area contributed by atoms with Crippen molar-refractivity contribution in [2.45, 2.75) is 31.9 Å². The minimum atomic E-state index is -0.596. The molecule has 1 aliphatic rings. The lowest BCUT2D eigenvalue weighted by atomic mass is 10.1. The van der Waals surface area contributed by atoms with Gasteiger partial charge in [0, 0.05) is 19.7 Å². The van der Waals surface area contributed by atoms with Gasteiger partial charge in [0.25, 0.3) is 0 Å². The molecule has 2 atom stereocenters. The summed E-state index contributed by atoms with van der Waals surface area (Å²) >= 11 is 0. The average molecular weight is 260 g/mol. The summed E-state index contributed by atoms with van der Waals surface area (Å²) in [6.45, 7) is 5.00. The lowest BCUT2D eigenvalue weighted by molar-refractivity contribution is -0.124. The largest absolute Gasteiger partial charge is 0.389 e. The number of carbonyl (C=O) groups is 1. The molecule has 0 aromatic heterocycles. The lowest BCUT2D eigenvalue weighted by Gasteiger charge is -2.24. The molecule has 1 rings (SSSR count). The van der Waals surface area contributed by atoms with E-state index in [4.69, 9.17) is 9.47 Å². The lowest BCUT2D eigenvalue weighted by Crippen LogP contribution is -2.50. The molecular weight excluding hydrogens is 236 g/mol. The number of hydrogen-bond acceptors (Lipinski definition) is 5. The second kappa shape index (κ2) is 9.27. The van der Waals surface area contributed by atoms with Gasteiger partial charge >= 0.3 is 0 Å². The van der Waals surface area contributed by atoms with Crippen LogP contribution >= 0.6 is 0 Å². The van der Waals surface area contributed by atoms with Crippen LogP contribution in [0.2, 0.25) is 0 Å². The fraction of sp³-hybridized carbons (Fsp3) is 0.917. The molecule has 0 radical (unpaired) electrons. The Bertz CT molecular complexity index is 238. The van der Waals surface area contributed by atoms with Crippen LogP contribution in [0.4, 0.5) is 0 Å². The number of ether oxygens (including phenoxy) is 2. The first kappa shape index (κ1) is 15.4. The first-order chi connectivity index (χ1) is 8.74. The van der Waals surface area contributed by atoms with Crippen LogP contribution in [0.5, 0.6) is 0 Å². The van der Waals surface area contributed by atoms with Crippen molar-refractivity contribution in [2.75, 3.05) is 39.5 Å². The van der Waals surface area contributed by atoms with Crippen molar-refractivity contribution in [1.82, 2.24) is 10.6 Å². The molecule has 0 bridgehead atoms. The Morgan fingerprint density at radius 1 is 1.50 bits per heavy atom. The highest BCUT2D eigenvalue weighted by Crippen LogP contribution is 2.02. The number of rotatable bonds is 9. The van der Waals surface area contributed by atoms with Gasteiger partial charge in [-0.3, -0.25) is 4.79 Å². The van der Waals surface area contributed by atoms with E-state index in [1.54, 1.807) is 0 Å². The summed E-state index contributed by atoms with van der Waals surface area (Å²) in [5.74, 6) is 0.0192. The van der Waals surface area contributed by atoms with Crippen molar-refractivity contribution < 1.29 is 19.4 Å². The van der Waals surface area contributed by atoms with Gasteiger partial charge in [0.2, 0.25) is 5.91 Å². The zero-order chi connectivity index (χ0) is 13.2. The molecule has 0 aliphatic carbocycles. The molecule has 0 saturated carbocycles. The van der Waals surface area contributed by atoms with Crippen molar-refractivity contribution in [3.05, 3.63) is 0 Å². The number of carbonyl (C=O) groups excluding carboxylic acids is 1. The van der Waals surface area contributed by atoms with Gasteiger partial charge in [0.15, 0.2) is 0 Å². The first-order valence-corrected chi connectivity index (χ1v) is 6.58. The maximum Gasteiger partial charge on any atom is 0.237 e. The predicted molar refractivity (Wildman–Crippen MR) is 67.4 cm³/mol. The molecule has 1 heterocycles. The van der Waals surface area contributed by atoms with E-state index in [1.165, 1.54) is 0 Å². The van der Waals surface area contributed by atoms with Gasteiger partial charge in [-0.15, -0.1) is 0 Å². The minimum absolute atomic E-state index is 0.0192. The molecule has 2 unspecified atom stereocenters. The molecule has 106 valence electrons. The third kappa shape index (κ3) is 6.30. The molecule has 3 N–H and O–H groups in total. The van der Waals surface area contributed by atoms with Crippen molar-refractivity contribution in [2.24, 2.45) is 0 Å². The van der Waals surface area contributed by atoms with E-state index in [0.717, 1.165) is 19.4 Å². The summed E-state index contributed by atoms with van der Waals surface area (Å²) < 4.78 is 10.4. The third-order valence-corrected chi connectivity index (χ3v) is 2.77. The summed E-state index contributed by atoms with van der Waals surface area (Å²) in [5.41, 5.74) is 0. The zero-order valence-electron chi connectivity index (χ0n) is 11.0. The molecule has 1 fully saturated rings. The van der Waals surface area contributed by atoms with Crippen molar-refractivity contribution in [3.63, 3.8) is 0 Å². The minimum Gasteiger partial charge on any atom is -0.389 e. The maximum atomic E-state index is 11.4. The highest BCUT2D eigenvalue weighted by Gasteiger charge is 2.21. The standard InChI is InChI=1S/C12H24N2O4/c1-2-17-6-7-18-9-10(15)8-14-11-4-3-5-13-12(11)16/h10-11,14-15H,2-9H2,1H3,(H,13,16). The Labute approximate surface area is 108 Å². The van der Waals surface area contributed by atoms with Crippen LogP contribution in [0, 0.1) is 0 Å². The summed E-state index contributed by atoms with van der Waals surface area (Å²) in [6, 6.07) is -0.183. The van der Waals surface area contributed by atoms with Crippen LogP contribution in [0.3, 0.4) is 0 Å². The first-order valence-electron chi connectivity index (χ1n) is 6.58. The van der Waals surface area contributed by atoms with E-state index < -0.39 is 6.10 Å². The maximum absolute atomic E-state index is 11.4. The van der Waals surface area contributed by atoms with Gasteiger partial charge in [-0.1, -0.05) is 0 Å². The van der Waals surface area contributed by atoms with E-state index in [1.807, 2.05) is 6.92 Å². The number of aliphatic hydroxyl groups is 1. The van der Waals surface area contributed by atoms with E-state index in [-0.39, 0.29) is 18.6 Å². The number of amides is 1. The highest BCUT2D eigenvalue weighted by molar-refractivity contribution is 5.82. The van der Waals surface area contributed by atoms with E-state index >= 15 is 0 Å². The number of hydrogen-bond donors (Lipinski definition) is 3. The Balaban J connectivity index is 2.01. The summed E-state index contributed by atoms with van der Waals surface area (Å²) in [4.78, 5) is 11.4. The van der Waals surface area contributed by atoms with Crippen LogP contribution in [0.1, 0.15) is 19.8 Å². The molecule has 1 amide bonds. The van der Waals surface area contributed by atoms with E-state index in [2.05, 4.69) is 10.6 Å². The highest BCUT2D eigenvalue weighted by atomic mass is 16.5. The van der Waals surface area contributed by atoms with E-state index in [9.17, 15) is 9.90 Å². The normalized spacial score (nSPS) is 21.7. The summed E-state index contributed by atoms with van der Waals surface area (Å²) in [7, 11) is 0. The van der Waals surface area contributed by atoms with Gasteiger partial charge in [-0.05, 0) is 19.8 Å². The molecule has 1 aliphatic heterocycles. The van der Waals surface area contributed by atoms with Crippen LogP contribution < -0.4 is 10.6 Å². The van der Waals surface area contributed by atoms with Gasteiger partial charge < -0.3 is 25.2 Å². The second-order valence-corrected chi connectivity index (χ2v) is 4.32. The van der Waals surface area contributed by atoms with Gasteiger partial charge in [0.05, 0.1) is 32.0 Å².